The Morgan fingerprint density at radius 2 is 2.25 bits per heavy atom. The maximum atomic E-state index is 12.0. The van der Waals surface area contributed by atoms with Crippen LogP contribution >= 0.6 is 11.8 Å². The molecule has 0 aliphatic heterocycles. The fraction of sp³-hybridized carbons (Fsp3) is 0.357. The molecule has 0 aliphatic rings. The Bertz CT molecular complexity index is 486. The minimum Gasteiger partial charge on any atom is -0.478 e. The van der Waals surface area contributed by atoms with Crippen molar-refractivity contribution >= 4 is 29.7 Å². The second-order valence-corrected chi connectivity index (χ2v) is 5.09. The molecule has 108 valence electrons. The number of thioether (sulfide) groups is 1. The molecule has 0 aliphatic carbocycles. The lowest BCUT2D eigenvalue weighted by atomic mass is 10.2. The van der Waals surface area contributed by atoms with E-state index in [0.717, 1.165) is 18.2 Å². The second kappa shape index (κ2) is 8.37. The molecule has 0 aromatic carbocycles. The lowest BCUT2D eigenvalue weighted by Crippen LogP contribution is -2.36. The van der Waals surface area contributed by atoms with Gasteiger partial charge in [-0.2, -0.15) is 11.8 Å². The van der Waals surface area contributed by atoms with E-state index in [1.807, 2.05) is 13.2 Å². The van der Waals surface area contributed by atoms with Crippen LogP contribution in [0.3, 0.4) is 0 Å². The van der Waals surface area contributed by atoms with E-state index in [0.29, 0.717) is 11.3 Å². The topological polar surface area (TPSA) is 79.3 Å². The lowest BCUT2D eigenvalue weighted by Gasteiger charge is -2.15. The number of carboxylic acid groups (broad SMARTS) is 1. The molecule has 5 nitrogen and oxygen atoms in total. The number of rotatable bonds is 7. The van der Waals surface area contributed by atoms with Gasteiger partial charge in [-0.3, -0.25) is 9.78 Å². The quantitative estimate of drug-likeness (QED) is 0.752. The van der Waals surface area contributed by atoms with Gasteiger partial charge in [0.05, 0.1) is 0 Å². The van der Waals surface area contributed by atoms with E-state index in [1.165, 1.54) is 12.3 Å². The summed E-state index contributed by atoms with van der Waals surface area (Å²) < 4.78 is 0. The van der Waals surface area contributed by atoms with Crippen molar-refractivity contribution in [1.82, 2.24) is 10.3 Å². The maximum absolute atomic E-state index is 12.0. The highest BCUT2D eigenvalue weighted by molar-refractivity contribution is 7.98. The molecule has 0 saturated heterocycles. The Morgan fingerprint density at radius 3 is 2.75 bits per heavy atom. The molecular weight excluding hydrogens is 276 g/mol. The molecule has 1 atom stereocenters. The molecule has 1 aromatic heterocycles. The molecule has 1 aromatic rings. The largest absolute Gasteiger partial charge is 0.478 e. The number of carbonyl (C=O) groups excluding carboxylic acids is 1. The van der Waals surface area contributed by atoms with Crippen LogP contribution in [0.15, 0.2) is 24.4 Å². The molecular formula is C14H18N2O3S. The number of aromatic nitrogens is 1. The molecule has 2 N–H and O–H groups in total. The maximum Gasteiger partial charge on any atom is 0.328 e. The van der Waals surface area contributed by atoms with E-state index < -0.39 is 5.97 Å². The first kappa shape index (κ1) is 16.2. The zero-order valence-electron chi connectivity index (χ0n) is 11.5. The summed E-state index contributed by atoms with van der Waals surface area (Å²) in [6.07, 6.45) is 6.80. The Kier molecular flexibility index (Phi) is 6.79. The average Bonchev–Trinajstić information content (AvgIpc) is 2.45. The molecule has 20 heavy (non-hydrogen) atoms. The normalized spacial score (nSPS) is 12.3. The number of carbonyl (C=O) groups is 2. The Balaban J connectivity index is 2.68. The summed E-state index contributed by atoms with van der Waals surface area (Å²) >= 11 is 1.68. The summed E-state index contributed by atoms with van der Waals surface area (Å²) in [5, 5.41) is 11.4. The van der Waals surface area contributed by atoms with E-state index >= 15 is 0 Å². The van der Waals surface area contributed by atoms with Crippen LogP contribution in [0.5, 0.6) is 0 Å². The van der Waals surface area contributed by atoms with Gasteiger partial charge in [0.2, 0.25) is 0 Å². The summed E-state index contributed by atoms with van der Waals surface area (Å²) in [7, 11) is 0. The summed E-state index contributed by atoms with van der Waals surface area (Å²) in [6.45, 7) is 2.02. The van der Waals surface area contributed by atoms with Crippen molar-refractivity contribution in [3.8, 4) is 0 Å². The lowest BCUT2D eigenvalue weighted by molar-refractivity contribution is -0.131. The zero-order chi connectivity index (χ0) is 15.0. The predicted molar refractivity (Wildman–Crippen MR) is 80.8 cm³/mol. The highest BCUT2D eigenvalue weighted by Crippen LogP contribution is 2.05. The first-order valence-electron chi connectivity index (χ1n) is 6.23. The zero-order valence-corrected chi connectivity index (χ0v) is 12.3. The van der Waals surface area contributed by atoms with Crippen LogP contribution in [0.4, 0.5) is 0 Å². The Labute approximate surface area is 122 Å². The van der Waals surface area contributed by atoms with Gasteiger partial charge in [-0.05, 0) is 30.4 Å². The van der Waals surface area contributed by atoms with Crippen molar-refractivity contribution in [1.29, 1.82) is 0 Å². The van der Waals surface area contributed by atoms with Crippen LogP contribution in [0.25, 0.3) is 6.08 Å². The van der Waals surface area contributed by atoms with Gasteiger partial charge in [0, 0.05) is 24.1 Å². The second-order valence-electron chi connectivity index (χ2n) is 4.18. The number of pyridine rings is 1. The first-order valence-corrected chi connectivity index (χ1v) is 7.63. The molecule has 1 amide bonds. The predicted octanol–water partition coefficient (Wildman–Crippen LogP) is 2.05. The van der Waals surface area contributed by atoms with Crippen LogP contribution in [-0.4, -0.2) is 40.0 Å². The highest BCUT2D eigenvalue weighted by Gasteiger charge is 2.12. The number of amides is 1. The van der Waals surface area contributed by atoms with Gasteiger partial charge in [0.25, 0.3) is 5.91 Å². The van der Waals surface area contributed by atoms with Crippen LogP contribution in [-0.2, 0) is 4.79 Å². The third-order valence-corrected chi connectivity index (χ3v) is 3.37. The van der Waals surface area contributed by atoms with Crippen molar-refractivity contribution in [2.24, 2.45) is 0 Å². The molecule has 1 rings (SSSR count). The molecule has 0 radical (unpaired) electrons. The van der Waals surface area contributed by atoms with Crippen LogP contribution < -0.4 is 5.32 Å². The molecule has 6 heteroatoms. The number of nitrogens with zero attached hydrogens (tertiary/aromatic N) is 1. The van der Waals surface area contributed by atoms with Crippen LogP contribution in [0, 0.1) is 0 Å². The number of hydrogen-bond acceptors (Lipinski definition) is 4. The van der Waals surface area contributed by atoms with Crippen LogP contribution in [0.2, 0.25) is 0 Å². The van der Waals surface area contributed by atoms with Gasteiger partial charge in [0.1, 0.15) is 5.69 Å². The van der Waals surface area contributed by atoms with Crippen molar-refractivity contribution in [3.05, 3.63) is 35.7 Å². The van der Waals surface area contributed by atoms with Gasteiger partial charge in [-0.15, -0.1) is 0 Å². The van der Waals surface area contributed by atoms with E-state index in [2.05, 4.69) is 10.3 Å². The summed E-state index contributed by atoms with van der Waals surface area (Å²) in [5.74, 6) is -0.365. The molecule has 1 unspecified atom stereocenters. The van der Waals surface area contributed by atoms with E-state index in [4.69, 9.17) is 5.11 Å². The molecule has 0 spiro atoms. The molecule has 0 fully saturated rings. The Morgan fingerprint density at radius 1 is 1.50 bits per heavy atom. The summed E-state index contributed by atoms with van der Waals surface area (Å²) in [4.78, 5) is 26.4. The smallest absolute Gasteiger partial charge is 0.328 e. The fourth-order valence-corrected chi connectivity index (χ4v) is 2.25. The van der Waals surface area contributed by atoms with E-state index in [1.54, 1.807) is 23.9 Å². The van der Waals surface area contributed by atoms with Gasteiger partial charge in [-0.25, -0.2) is 4.79 Å². The third kappa shape index (κ3) is 5.44. The summed E-state index contributed by atoms with van der Waals surface area (Å²) in [6, 6.07) is 3.38. The number of nitrogens with one attached hydrogen (secondary N) is 1. The number of aliphatic carboxylic acids is 1. The minimum atomic E-state index is -1.02. The van der Waals surface area contributed by atoms with Gasteiger partial charge in [-0.1, -0.05) is 13.0 Å². The highest BCUT2D eigenvalue weighted by atomic mass is 32.2. The fourth-order valence-electron chi connectivity index (χ4n) is 1.53. The van der Waals surface area contributed by atoms with Crippen LogP contribution in [0.1, 0.15) is 29.4 Å². The van der Waals surface area contributed by atoms with Gasteiger partial charge >= 0.3 is 5.97 Å². The molecule has 1 heterocycles. The number of carboxylic acids is 1. The Hall–Kier alpha value is -1.82. The third-order valence-electron chi connectivity index (χ3n) is 2.63. The summed E-state index contributed by atoms with van der Waals surface area (Å²) in [5.41, 5.74) is 0.970. The van der Waals surface area contributed by atoms with E-state index in [9.17, 15) is 9.59 Å². The average molecular weight is 294 g/mol. The van der Waals surface area contributed by atoms with Crippen molar-refractivity contribution in [3.63, 3.8) is 0 Å². The SMILES string of the molecule is CCC(CSC)NC(=O)c1ccc(/C=C/C(=O)O)cn1. The van der Waals surface area contributed by atoms with Gasteiger partial charge in [0.15, 0.2) is 0 Å². The van der Waals surface area contributed by atoms with Gasteiger partial charge < -0.3 is 10.4 Å². The monoisotopic (exact) mass is 294 g/mol. The molecule has 0 bridgehead atoms. The van der Waals surface area contributed by atoms with Crippen molar-refractivity contribution < 1.29 is 14.7 Å². The standard InChI is InChI=1S/C14H18N2O3S/c1-3-11(9-20-2)16-14(19)12-6-4-10(8-15-12)5-7-13(17)18/h4-8,11H,3,9H2,1-2H3,(H,16,19)(H,17,18)/b7-5+. The van der Waals surface area contributed by atoms with Crippen molar-refractivity contribution in [2.45, 2.75) is 19.4 Å². The number of hydrogen-bond donors (Lipinski definition) is 2. The van der Waals surface area contributed by atoms with Crippen molar-refractivity contribution in [2.75, 3.05) is 12.0 Å². The first-order chi connectivity index (χ1) is 9.56. The minimum absolute atomic E-state index is 0.130. The van der Waals surface area contributed by atoms with E-state index in [-0.39, 0.29) is 11.9 Å². The molecule has 0 saturated carbocycles.